The van der Waals surface area contributed by atoms with Crippen molar-refractivity contribution in [3.05, 3.63) is 86.0 Å². The summed E-state index contributed by atoms with van der Waals surface area (Å²) < 4.78 is 16.7. The van der Waals surface area contributed by atoms with Crippen LogP contribution in [0.4, 0.5) is 0 Å². The lowest BCUT2D eigenvalue weighted by Gasteiger charge is -2.24. The molecule has 0 saturated heterocycles. The first-order chi connectivity index (χ1) is 15.1. The van der Waals surface area contributed by atoms with E-state index in [0.717, 1.165) is 21.9 Å². The molecule has 2 aromatic carbocycles. The fraction of sp³-hybridized carbons (Fsp3) is 0.250. The summed E-state index contributed by atoms with van der Waals surface area (Å²) in [6, 6.07) is 19.8. The standard InChI is InChI=1S/C24H26O5S2/c1-3-23(25)27-15-19(17-30-21-11-7-5-8-12-21)29-20(16-28-24(26)4-2)18-31-22-13-9-6-10-14-22/h3-14,19-20H,1-2,15-18H2. The average molecular weight is 459 g/mol. The highest BCUT2D eigenvalue weighted by atomic mass is 32.2. The highest BCUT2D eigenvalue weighted by Gasteiger charge is 2.21. The number of benzene rings is 2. The molecule has 0 bridgehead atoms. The molecular weight excluding hydrogens is 432 g/mol. The maximum atomic E-state index is 11.6. The van der Waals surface area contributed by atoms with E-state index in [2.05, 4.69) is 13.2 Å². The third-order valence-electron chi connectivity index (χ3n) is 3.90. The minimum absolute atomic E-state index is 0.0760. The molecule has 5 nitrogen and oxygen atoms in total. The van der Waals surface area contributed by atoms with E-state index in [9.17, 15) is 9.59 Å². The highest BCUT2D eigenvalue weighted by molar-refractivity contribution is 7.99. The average Bonchev–Trinajstić information content (AvgIpc) is 2.82. The molecular formula is C24H26O5S2. The number of hydrogen-bond acceptors (Lipinski definition) is 7. The summed E-state index contributed by atoms with van der Waals surface area (Å²) in [7, 11) is 0. The van der Waals surface area contributed by atoms with E-state index in [1.807, 2.05) is 60.7 Å². The van der Waals surface area contributed by atoms with Crippen LogP contribution in [0.3, 0.4) is 0 Å². The molecule has 7 heteroatoms. The van der Waals surface area contributed by atoms with Gasteiger partial charge < -0.3 is 14.2 Å². The Morgan fingerprint density at radius 1 is 0.742 bits per heavy atom. The lowest BCUT2D eigenvalue weighted by molar-refractivity contribution is -0.147. The van der Waals surface area contributed by atoms with Crippen LogP contribution < -0.4 is 0 Å². The molecule has 0 aliphatic rings. The van der Waals surface area contributed by atoms with Gasteiger partial charge in [-0.3, -0.25) is 0 Å². The van der Waals surface area contributed by atoms with Crippen molar-refractivity contribution in [3.63, 3.8) is 0 Å². The van der Waals surface area contributed by atoms with Crippen LogP contribution in [-0.2, 0) is 23.8 Å². The van der Waals surface area contributed by atoms with Gasteiger partial charge >= 0.3 is 11.9 Å². The fourth-order valence-electron chi connectivity index (χ4n) is 2.41. The van der Waals surface area contributed by atoms with Crippen LogP contribution in [0.2, 0.25) is 0 Å². The van der Waals surface area contributed by atoms with Crippen LogP contribution in [-0.4, -0.2) is 48.9 Å². The number of esters is 2. The molecule has 31 heavy (non-hydrogen) atoms. The van der Waals surface area contributed by atoms with Gasteiger partial charge in [0.15, 0.2) is 0 Å². The van der Waals surface area contributed by atoms with E-state index in [0.29, 0.717) is 11.5 Å². The first kappa shape index (κ1) is 24.8. The minimum Gasteiger partial charge on any atom is -0.460 e. The van der Waals surface area contributed by atoms with Crippen LogP contribution in [0.15, 0.2) is 95.8 Å². The van der Waals surface area contributed by atoms with E-state index < -0.39 is 24.1 Å². The molecule has 2 aromatic rings. The van der Waals surface area contributed by atoms with Gasteiger partial charge in [-0.25, -0.2) is 9.59 Å². The monoisotopic (exact) mass is 458 g/mol. The Kier molecular flexibility index (Phi) is 11.6. The molecule has 0 aliphatic heterocycles. The first-order valence-corrected chi connectivity index (χ1v) is 11.7. The SMILES string of the molecule is C=CC(=O)OCC(CSc1ccccc1)OC(COC(=O)C=C)CSc1ccccc1. The van der Waals surface area contributed by atoms with E-state index in [1.54, 1.807) is 23.5 Å². The van der Waals surface area contributed by atoms with E-state index in [1.165, 1.54) is 0 Å². The van der Waals surface area contributed by atoms with Gasteiger partial charge in [0.2, 0.25) is 0 Å². The van der Waals surface area contributed by atoms with E-state index in [4.69, 9.17) is 14.2 Å². The van der Waals surface area contributed by atoms with Crippen LogP contribution in [0.1, 0.15) is 0 Å². The van der Waals surface area contributed by atoms with Crippen LogP contribution in [0.25, 0.3) is 0 Å². The Morgan fingerprint density at radius 2 is 1.13 bits per heavy atom. The fourth-order valence-corrected chi connectivity index (χ4v) is 4.21. The van der Waals surface area contributed by atoms with Crippen molar-refractivity contribution in [1.82, 2.24) is 0 Å². The van der Waals surface area contributed by atoms with Crippen molar-refractivity contribution in [2.75, 3.05) is 24.7 Å². The molecule has 0 spiro atoms. The summed E-state index contributed by atoms with van der Waals surface area (Å²) in [5.41, 5.74) is 0. The summed E-state index contributed by atoms with van der Waals surface area (Å²) in [5, 5.41) is 0. The summed E-state index contributed by atoms with van der Waals surface area (Å²) in [6.45, 7) is 7.00. The van der Waals surface area contributed by atoms with Crippen molar-refractivity contribution < 1.29 is 23.8 Å². The maximum absolute atomic E-state index is 11.6. The Bertz CT molecular complexity index is 757. The zero-order valence-electron chi connectivity index (χ0n) is 17.2. The van der Waals surface area contributed by atoms with Gasteiger partial charge in [-0.15, -0.1) is 23.5 Å². The second-order valence-corrected chi connectivity index (χ2v) is 8.48. The summed E-state index contributed by atoms with van der Waals surface area (Å²) in [4.78, 5) is 25.3. The van der Waals surface area contributed by atoms with Gasteiger partial charge in [-0.2, -0.15) is 0 Å². The van der Waals surface area contributed by atoms with E-state index >= 15 is 0 Å². The van der Waals surface area contributed by atoms with Crippen molar-refractivity contribution in [1.29, 1.82) is 0 Å². The Hall–Kier alpha value is -2.48. The molecule has 2 unspecified atom stereocenters. The van der Waals surface area contributed by atoms with E-state index in [-0.39, 0.29) is 13.2 Å². The zero-order valence-corrected chi connectivity index (χ0v) is 18.8. The number of carbonyl (C=O) groups excluding carboxylic acids is 2. The Labute approximate surface area is 191 Å². The largest absolute Gasteiger partial charge is 0.460 e. The normalized spacial score (nSPS) is 12.4. The number of thioether (sulfide) groups is 2. The van der Waals surface area contributed by atoms with Gasteiger partial charge in [0.1, 0.15) is 25.4 Å². The van der Waals surface area contributed by atoms with Gasteiger partial charge in [-0.1, -0.05) is 49.6 Å². The number of hydrogen-bond donors (Lipinski definition) is 0. The van der Waals surface area contributed by atoms with Crippen molar-refractivity contribution in [2.45, 2.75) is 22.0 Å². The number of rotatable bonds is 14. The molecule has 2 atom stereocenters. The third-order valence-corrected chi connectivity index (χ3v) is 6.19. The molecule has 2 rings (SSSR count). The molecule has 0 radical (unpaired) electrons. The van der Waals surface area contributed by atoms with Crippen molar-refractivity contribution in [2.24, 2.45) is 0 Å². The molecule has 0 N–H and O–H groups in total. The first-order valence-electron chi connectivity index (χ1n) is 9.70. The maximum Gasteiger partial charge on any atom is 0.330 e. The molecule has 0 fully saturated rings. The van der Waals surface area contributed by atoms with Crippen LogP contribution in [0.5, 0.6) is 0 Å². The van der Waals surface area contributed by atoms with Gasteiger partial charge in [0.05, 0.1) is 0 Å². The van der Waals surface area contributed by atoms with Crippen LogP contribution in [0, 0.1) is 0 Å². The predicted octanol–water partition coefficient (Wildman–Crippen LogP) is 4.78. The summed E-state index contributed by atoms with van der Waals surface area (Å²) >= 11 is 3.20. The third kappa shape index (κ3) is 10.4. The topological polar surface area (TPSA) is 61.8 Å². The summed E-state index contributed by atoms with van der Waals surface area (Å²) in [6.07, 6.45) is 1.46. The molecule has 0 heterocycles. The Balaban J connectivity index is 2.02. The zero-order chi connectivity index (χ0) is 22.3. The van der Waals surface area contributed by atoms with Gasteiger partial charge in [-0.05, 0) is 24.3 Å². The quantitative estimate of drug-likeness (QED) is 0.229. The highest BCUT2D eigenvalue weighted by Crippen LogP contribution is 2.23. The molecule has 0 saturated carbocycles. The molecule has 0 amide bonds. The summed E-state index contributed by atoms with van der Waals surface area (Å²) in [5.74, 6) is 0.116. The second-order valence-electron chi connectivity index (χ2n) is 6.30. The van der Waals surface area contributed by atoms with Crippen molar-refractivity contribution >= 4 is 35.5 Å². The number of ether oxygens (including phenoxy) is 3. The lowest BCUT2D eigenvalue weighted by atomic mass is 10.3. The van der Waals surface area contributed by atoms with Gasteiger partial charge in [0.25, 0.3) is 0 Å². The Morgan fingerprint density at radius 3 is 1.48 bits per heavy atom. The smallest absolute Gasteiger partial charge is 0.330 e. The molecule has 0 aliphatic carbocycles. The molecule has 164 valence electrons. The van der Waals surface area contributed by atoms with Gasteiger partial charge in [0, 0.05) is 33.4 Å². The van der Waals surface area contributed by atoms with Crippen molar-refractivity contribution in [3.8, 4) is 0 Å². The lowest BCUT2D eigenvalue weighted by Crippen LogP contribution is -2.34. The van der Waals surface area contributed by atoms with Crippen LogP contribution >= 0.6 is 23.5 Å². The minimum atomic E-state index is -0.508. The number of carbonyl (C=O) groups is 2. The second kappa shape index (κ2) is 14.5. The predicted molar refractivity (Wildman–Crippen MR) is 125 cm³/mol. The molecule has 0 aromatic heterocycles.